The number of benzene rings is 1. The molecule has 94 valence electrons. The normalized spacial score (nSPS) is 10.6. The first-order chi connectivity index (χ1) is 8.67. The van der Waals surface area contributed by atoms with Crippen LogP contribution in [0.5, 0.6) is 0 Å². The summed E-state index contributed by atoms with van der Waals surface area (Å²) in [5.74, 6) is 0.0881. The van der Waals surface area contributed by atoms with Crippen LogP contribution in [-0.4, -0.2) is 28.9 Å². The van der Waals surface area contributed by atoms with E-state index in [1.165, 1.54) is 0 Å². The molecule has 0 atom stereocenters. The first-order valence-corrected chi connectivity index (χ1v) is 6.32. The molecular weight excluding hydrogens is 224 g/mol. The van der Waals surface area contributed by atoms with E-state index in [1.807, 2.05) is 49.9 Å². The number of hydrogen-bond acceptors (Lipinski definition) is 2. The number of carbonyl (C=O) groups excluding carboxylic acids is 1. The van der Waals surface area contributed by atoms with Crippen LogP contribution in [0.2, 0.25) is 0 Å². The summed E-state index contributed by atoms with van der Waals surface area (Å²) < 4.78 is 0. The molecule has 0 aliphatic heterocycles. The first-order valence-electron chi connectivity index (χ1n) is 6.32. The molecule has 0 aliphatic rings. The minimum atomic E-state index is 0.0881. The lowest BCUT2D eigenvalue weighted by atomic mass is 10.1. The molecule has 1 aromatic carbocycles. The third-order valence-electron chi connectivity index (χ3n) is 3.26. The molecule has 1 aromatic heterocycles. The van der Waals surface area contributed by atoms with Crippen LogP contribution in [0.3, 0.4) is 0 Å². The fourth-order valence-electron chi connectivity index (χ4n) is 2.11. The average Bonchev–Trinajstić information content (AvgIpc) is 2.40. The monoisotopic (exact) mass is 242 g/mol. The maximum Gasteiger partial charge on any atom is 0.253 e. The minimum Gasteiger partial charge on any atom is -0.339 e. The summed E-state index contributed by atoms with van der Waals surface area (Å²) in [6, 6.07) is 7.68. The summed E-state index contributed by atoms with van der Waals surface area (Å²) in [6.45, 7) is 7.50. The Bertz CT molecular complexity index is 574. The van der Waals surface area contributed by atoms with Gasteiger partial charge in [0.15, 0.2) is 0 Å². The van der Waals surface area contributed by atoms with Gasteiger partial charge in [0.25, 0.3) is 5.91 Å². The second-order valence-electron chi connectivity index (χ2n) is 4.34. The number of carbonyl (C=O) groups is 1. The van der Waals surface area contributed by atoms with Crippen LogP contribution >= 0.6 is 0 Å². The molecule has 18 heavy (non-hydrogen) atoms. The van der Waals surface area contributed by atoms with Gasteiger partial charge in [-0.2, -0.15) is 0 Å². The Morgan fingerprint density at radius 3 is 2.61 bits per heavy atom. The molecule has 3 heteroatoms. The quantitative estimate of drug-likeness (QED) is 0.829. The zero-order valence-electron chi connectivity index (χ0n) is 11.1. The van der Waals surface area contributed by atoms with Crippen molar-refractivity contribution in [2.75, 3.05) is 13.1 Å². The number of nitrogens with zero attached hydrogens (tertiary/aromatic N) is 2. The van der Waals surface area contributed by atoms with Gasteiger partial charge >= 0.3 is 0 Å². The topological polar surface area (TPSA) is 33.2 Å². The lowest BCUT2D eigenvalue weighted by Gasteiger charge is -2.18. The number of rotatable bonds is 3. The summed E-state index contributed by atoms with van der Waals surface area (Å²) in [6.07, 6.45) is 1.80. The van der Waals surface area contributed by atoms with Crippen LogP contribution in [-0.2, 0) is 0 Å². The Kier molecular flexibility index (Phi) is 3.60. The van der Waals surface area contributed by atoms with Gasteiger partial charge in [-0.1, -0.05) is 0 Å². The highest BCUT2D eigenvalue weighted by Crippen LogP contribution is 2.18. The SMILES string of the molecule is CCN(CC)C(=O)c1ccc2nccc(C)c2c1. The molecule has 0 spiro atoms. The molecule has 0 aliphatic carbocycles. The number of aromatic nitrogens is 1. The number of hydrogen-bond donors (Lipinski definition) is 0. The van der Waals surface area contributed by atoms with Crippen LogP contribution in [0.1, 0.15) is 29.8 Å². The van der Waals surface area contributed by atoms with E-state index in [2.05, 4.69) is 4.98 Å². The van der Waals surface area contributed by atoms with Crippen molar-refractivity contribution in [1.82, 2.24) is 9.88 Å². The molecule has 0 radical (unpaired) electrons. The minimum absolute atomic E-state index is 0.0881. The van der Waals surface area contributed by atoms with Crippen molar-refractivity contribution < 1.29 is 4.79 Å². The van der Waals surface area contributed by atoms with Gasteiger partial charge in [-0.15, -0.1) is 0 Å². The van der Waals surface area contributed by atoms with Crippen molar-refractivity contribution in [3.8, 4) is 0 Å². The van der Waals surface area contributed by atoms with Crippen molar-refractivity contribution in [1.29, 1.82) is 0 Å². The van der Waals surface area contributed by atoms with Gasteiger partial charge in [0.05, 0.1) is 5.52 Å². The Morgan fingerprint density at radius 1 is 1.22 bits per heavy atom. The molecule has 1 heterocycles. The fraction of sp³-hybridized carbons (Fsp3) is 0.333. The Morgan fingerprint density at radius 2 is 1.94 bits per heavy atom. The molecule has 2 aromatic rings. The number of aryl methyl sites for hydroxylation is 1. The standard InChI is InChI=1S/C15H18N2O/c1-4-17(5-2)15(18)12-6-7-14-13(10-12)11(3)8-9-16-14/h6-10H,4-5H2,1-3H3. The van der Waals surface area contributed by atoms with E-state index in [0.29, 0.717) is 0 Å². The van der Waals surface area contributed by atoms with Crippen molar-refractivity contribution in [2.24, 2.45) is 0 Å². The summed E-state index contributed by atoms with van der Waals surface area (Å²) in [5.41, 5.74) is 2.82. The number of amides is 1. The molecule has 0 saturated carbocycles. The van der Waals surface area contributed by atoms with Crippen molar-refractivity contribution in [3.05, 3.63) is 41.6 Å². The molecule has 2 rings (SSSR count). The largest absolute Gasteiger partial charge is 0.339 e. The molecule has 0 bridgehead atoms. The Balaban J connectivity index is 2.47. The average molecular weight is 242 g/mol. The Labute approximate surface area is 107 Å². The van der Waals surface area contributed by atoms with Gasteiger partial charge in [-0.3, -0.25) is 9.78 Å². The zero-order chi connectivity index (χ0) is 13.1. The summed E-state index contributed by atoms with van der Waals surface area (Å²) in [4.78, 5) is 18.4. The molecule has 0 N–H and O–H groups in total. The van der Waals surface area contributed by atoms with Crippen LogP contribution in [0, 0.1) is 6.92 Å². The highest BCUT2D eigenvalue weighted by molar-refractivity contribution is 5.98. The smallest absolute Gasteiger partial charge is 0.253 e. The zero-order valence-corrected chi connectivity index (χ0v) is 11.1. The van der Waals surface area contributed by atoms with E-state index in [-0.39, 0.29) is 5.91 Å². The maximum absolute atomic E-state index is 12.3. The summed E-state index contributed by atoms with van der Waals surface area (Å²) >= 11 is 0. The summed E-state index contributed by atoms with van der Waals surface area (Å²) in [7, 11) is 0. The molecule has 0 unspecified atom stereocenters. The van der Waals surface area contributed by atoms with Gasteiger partial charge in [0.1, 0.15) is 0 Å². The summed E-state index contributed by atoms with van der Waals surface area (Å²) in [5, 5.41) is 1.05. The van der Waals surface area contributed by atoms with E-state index >= 15 is 0 Å². The third kappa shape index (κ3) is 2.21. The highest BCUT2D eigenvalue weighted by Gasteiger charge is 2.13. The van der Waals surface area contributed by atoms with Gasteiger partial charge in [0.2, 0.25) is 0 Å². The van der Waals surface area contributed by atoms with Gasteiger partial charge < -0.3 is 4.90 Å². The van der Waals surface area contributed by atoms with Crippen LogP contribution in [0.15, 0.2) is 30.5 Å². The molecule has 0 fully saturated rings. The van der Waals surface area contributed by atoms with Crippen molar-refractivity contribution >= 4 is 16.8 Å². The van der Waals surface area contributed by atoms with E-state index in [1.54, 1.807) is 6.20 Å². The van der Waals surface area contributed by atoms with Crippen LogP contribution in [0.25, 0.3) is 10.9 Å². The second-order valence-corrected chi connectivity index (χ2v) is 4.34. The Hall–Kier alpha value is -1.90. The lowest BCUT2D eigenvalue weighted by molar-refractivity contribution is 0.0773. The molecule has 3 nitrogen and oxygen atoms in total. The predicted molar refractivity (Wildman–Crippen MR) is 73.7 cm³/mol. The highest BCUT2D eigenvalue weighted by atomic mass is 16.2. The predicted octanol–water partition coefficient (Wildman–Crippen LogP) is 3.03. The maximum atomic E-state index is 12.3. The first kappa shape index (κ1) is 12.6. The molecular formula is C15H18N2O. The van der Waals surface area contributed by atoms with Crippen LogP contribution < -0.4 is 0 Å². The second kappa shape index (κ2) is 5.17. The van der Waals surface area contributed by atoms with E-state index < -0.39 is 0 Å². The van der Waals surface area contributed by atoms with Crippen molar-refractivity contribution in [3.63, 3.8) is 0 Å². The molecule has 1 amide bonds. The van der Waals surface area contributed by atoms with Crippen LogP contribution in [0.4, 0.5) is 0 Å². The third-order valence-corrected chi connectivity index (χ3v) is 3.26. The van der Waals surface area contributed by atoms with Crippen molar-refractivity contribution in [2.45, 2.75) is 20.8 Å². The van der Waals surface area contributed by atoms with Gasteiger partial charge in [0, 0.05) is 30.2 Å². The fourth-order valence-corrected chi connectivity index (χ4v) is 2.11. The lowest BCUT2D eigenvalue weighted by Crippen LogP contribution is -2.30. The van der Waals surface area contributed by atoms with Gasteiger partial charge in [-0.05, 0) is 50.6 Å². The number of pyridine rings is 1. The van der Waals surface area contributed by atoms with Gasteiger partial charge in [-0.25, -0.2) is 0 Å². The molecule has 0 saturated heterocycles. The van der Waals surface area contributed by atoms with E-state index in [0.717, 1.165) is 35.1 Å². The van der Waals surface area contributed by atoms with E-state index in [9.17, 15) is 4.79 Å². The van der Waals surface area contributed by atoms with E-state index in [4.69, 9.17) is 0 Å². The number of fused-ring (bicyclic) bond motifs is 1.